The highest BCUT2D eigenvalue weighted by Gasteiger charge is 2.28. The lowest BCUT2D eigenvalue weighted by molar-refractivity contribution is 0.0936. The Morgan fingerprint density at radius 1 is 0.879 bits per heavy atom. The first kappa shape index (κ1) is 23.2. The van der Waals surface area contributed by atoms with Gasteiger partial charge < -0.3 is 10.2 Å². The number of nitrogens with zero attached hydrogens (tertiary/aromatic N) is 2. The Morgan fingerprint density at radius 3 is 2.18 bits per heavy atom. The van der Waals surface area contributed by atoms with Crippen molar-refractivity contribution in [2.45, 2.75) is 17.4 Å². The molecule has 0 aliphatic carbocycles. The number of amides is 1. The number of sulfonamides is 1. The van der Waals surface area contributed by atoms with Crippen LogP contribution >= 0.6 is 0 Å². The van der Waals surface area contributed by atoms with Gasteiger partial charge in [0.1, 0.15) is 0 Å². The molecule has 1 atom stereocenters. The van der Waals surface area contributed by atoms with E-state index in [2.05, 4.69) is 10.2 Å². The molecular weight excluding hydrogens is 434 g/mol. The summed E-state index contributed by atoms with van der Waals surface area (Å²) < 4.78 is 27.8. The maximum atomic E-state index is 13.2. The molecule has 33 heavy (non-hydrogen) atoms. The third-order valence-corrected chi connectivity index (χ3v) is 7.88. The Hall–Kier alpha value is -3.00. The van der Waals surface area contributed by atoms with Gasteiger partial charge in [-0.15, -0.1) is 0 Å². The molecule has 1 unspecified atom stereocenters. The van der Waals surface area contributed by atoms with Crippen LogP contribution in [0.2, 0.25) is 0 Å². The average Bonchev–Trinajstić information content (AvgIpc) is 2.85. The van der Waals surface area contributed by atoms with E-state index >= 15 is 0 Å². The molecule has 1 fully saturated rings. The maximum Gasteiger partial charge on any atom is 0.251 e. The average molecular weight is 464 g/mol. The largest absolute Gasteiger partial charge is 0.345 e. The number of likely N-dealkylation sites (N-methyl/N-ethyl adjacent to an activating group) is 1. The van der Waals surface area contributed by atoms with Gasteiger partial charge in [0.15, 0.2) is 0 Å². The summed E-state index contributed by atoms with van der Waals surface area (Å²) in [6, 6.07) is 25.9. The molecule has 1 saturated heterocycles. The number of rotatable bonds is 7. The minimum Gasteiger partial charge on any atom is -0.345 e. The van der Waals surface area contributed by atoms with Gasteiger partial charge in [-0.1, -0.05) is 66.7 Å². The number of piperazine rings is 1. The maximum absolute atomic E-state index is 13.2. The van der Waals surface area contributed by atoms with Crippen molar-refractivity contribution in [3.05, 3.63) is 102 Å². The van der Waals surface area contributed by atoms with Gasteiger partial charge in [0.05, 0.1) is 10.9 Å². The number of hydrogen-bond donors (Lipinski definition) is 1. The fourth-order valence-corrected chi connectivity index (χ4v) is 5.47. The molecule has 3 aromatic carbocycles. The normalized spacial score (nSPS) is 16.3. The van der Waals surface area contributed by atoms with Crippen molar-refractivity contribution in [1.29, 1.82) is 0 Å². The molecule has 4 rings (SSSR count). The summed E-state index contributed by atoms with van der Waals surface area (Å²) in [6.07, 6.45) is 0.635. The van der Waals surface area contributed by atoms with Crippen LogP contribution in [0.5, 0.6) is 0 Å². The highest BCUT2D eigenvalue weighted by atomic mass is 32.2. The van der Waals surface area contributed by atoms with Crippen molar-refractivity contribution in [1.82, 2.24) is 14.5 Å². The monoisotopic (exact) mass is 463 g/mol. The highest BCUT2D eigenvalue weighted by molar-refractivity contribution is 7.89. The van der Waals surface area contributed by atoms with Crippen LogP contribution in [0.1, 0.15) is 27.5 Å². The Labute approximate surface area is 195 Å². The molecule has 0 saturated carbocycles. The lowest BCUT2D eigenvalue weighted by atomic mass is 9.98. The highest BCUT2D eigenvalue weighted by Crippen LogP contribution is 2.21. The minimum atomic E-state index is -3.64. The summed E-state index contributed by atoms with van der Waals surface area (Å²) in [5.74, 6) is -0.296. The van der Waals surface area contributed by atoms with Gasteiger partial charge in [-0.3, -0.25) is 4.79 Å². The van der Waals surface area contributed by atoms with Gasteiger partial charge >= 0.3 is 0 Å². The zero-order valence-electron chi connectivity index (χ0n) is 18.7. The van der Waals surface area contributed by atoms with E-state index < -0.39 is 10.0 Å². The van der Waals surface area contributed by atoms with Crippen molar-refractivity contribution in [2.75, 3.05) is 33.2 Å². The Kier molecular flexibility index (Phi) is 7.23. The van der Waals surface area contributed by atoms with E-state index in [-0.39, 0.29) is 16.8 Å². The molecule has 3 aromatic rings. The van der Waals surface area contributed by atoms with E-state index in [0.29, 0.717) is 38.2 Å². The predicted octanol–water partition coefficient (Wildman–Crippen LogP) is 3.34. The minimum absolute atomic E-state index is 0.152. The van der Waals surface area contributed by atoms with E-state index in [0.717, 1.165) is 11.1 Å². The number of benzene rings is 3. The first-order valence-corrected chi connectivity index (χ1v) is 12.6. The smallest absolute Gasteiger partial charge is 0.251 e. The van der Waals surface area contributed by atoms with Gasteiger partial charge in [0.2, 0.25) is 10.0 Å². The second-order valence-electron chi connectivity index (χ2n) is 8.36. The molecule has 0 bridgehead atoms. The molecular formula is C26H29N3O3S. The number of carbonyl (C=O) groups excluding carboxylic acids is 1. The summed E-state index contributed by atoms with van der Waals surface area (Å²) in [7, 11) is -1.66. The molecule has 172 valence electrons. The van der Waals surface area contributed by atoms with E-state index in [1.807, 2.05) is 67.7 Å². The molecule has 0 radical (unpaired) electrons. The molecule has 1 heterocycles. The second kappa shape index (κ2) is 10.3. The van der Waals surface area contributed by atoms with Crippen LogP contribution < -0.4 is 5.32 Å². The van der Waals surface area contributed by atoms with Crippen LogP contribution in [-0.4, -0.2) is 56.8 Å². The molecule has 1 amide bonds. The molecule has 1 N–H and O–H groups in total. The van der Waals surface area contributed by atoms with Crippen LogP contribution in [0, 0.1) is 0 Å². The van der Waals surface area contributed by atoms with Crippen LogP contribution in [0.25, 0.3) is 0 Å². The molecule has 1 aliphatic rings. The zero-order chi connectivity index (χ0) is 23.3. The second-order valence-corrected chi connectivity index (χ2v) is 10.3. The lowest BCUT2D eigenvalue weighted by Gasteiger charge is -2.31. The number of nitrogens with one attached hydrogen (secondary N) is 1. The van der Waals surface area contributed by atoms with Gasteiger partial charge in [0, 0.05) is 31.7 Å². The van der Waals surface area contributed by atoms with E-state index in [9.17, 15) is 13.2 Å². The van der Waals surface area contributed by atoms with Gasteiger partial charge in [-0.25, -0.2) is 8.42 Å². The van der Waals surface area contributed by atoms with Gasteiger partial charge in [-0.05, 0) is 42.8 Å². The summed E-state index contributed by atoms with van der Waals surface area (Å²) in [4.78, 5) is 15.4. The van der Waals surface area contributed by atoms with Gasteiger partial charge in [0.25, 0.3) is 5.91 Å². The van der Waals surface area contributed by atoms with Crippen LogP contribution in [0.3, 0.4) is 0 Å². The first-order chi connectivity index (χ1) is 15.9. The Morgan fingerprint density at radius 2 is 1.52 bits per heavy atom. The topological polar surface area (TPSA) is 69.7 Å². The van der Waals surface area contributed by atoms with Crippen molar-refractivity contribution in [3.63, 3.8) is 0 Å². The van der Waals surface area contributed by atoms with Gasteiger partial charge in [-0.2, -0.15) is 4.31 Å². The SMILES string of the molecule is CN1CCN(S(=O)(=O)c2cccc(C(=O)NC(Cc3ccccc3)c3ccccc3)c2)CC1. The Bertz CT molecular complexity index is 1180. The molecule has 1 aliphatic heterocycles. The van der Waals surface area contributed by atoms with Crippen LogP contribution in [0.15, 0.2) is 89.8 Å². The third kappa shape index (κ3) is 5.68. The summed E-state index contributed by atoms with van der Waals surface area (Å²) in [6.45, 7) is 2.28. The quantitative estimate of drug-likeness (QED) is 0.584. The summed E-state index contributed by atoms with van der Waals surface area (Å²) >= 11 is 0. The van der Waals surface area contributed by atoms with Crippen molar-refractivity contribution in [2.24, 2.45) is 0 Å². The number of carbonyl (C=O) groups is 1. The van der Waals surface area contributed by atoms with Crippen molar-refractivity contribution in [3.8, 4) is 0 Å². The fraction of sp³-hybridized carbons (Fsp3) is 0.269. The Balaban J connectivity index is 1.55. The van der Waals surface area contributed by atoms with Crippen molar-refractivity contribution >= 4 is 15.9 Å². The summed E-state index contributed by atoms with van der Waals surface area (Å²) in [5.41, 5.74) is 2.44. The van der Waals surface area contributed by atoms with E-state index in [4.69, 9.17) is 0 Å². The zero-order valence-corrected chi connectivity index (χ0v) is 19.5. The molecule has 7 heteroatoms. The fourth-order valence-electron chi connectivity index (χ4n) is 4.00. The van der Waals surface area contributed by atoms with E-state index in [1.165, 1.54) is 10.4 Å². The molecule has 0 aromatic heterocycles. The standard InChI is InChI=1S/C26H29N3O3S/c1-28-15-17-29(18-16-28)33(31,32)24-14-8-13-23(20-24)26(30)27-25(22-11-6-3-7-12-22)19-21-9-4-2-5-10-21/h2-14,20,25H,15-19H2,1H3,(H,27,30). The molecule has 0 spiro atoms. The van der Waals surface area contributed by atoms with Crippen molar-refractivity contribution < 1.29 is 13.2 Å². The molecule has 6 nitrogen and oxygen atoms in total. The van der Waals surface area contributed by atoms with Crippen LogP contribution in [-0.2, 0) is 16.4 Å². The van der Waals surface area contributed by atoms with E-state index in [1.54, 1.807) is 18.2 Å². The lowest BCUT2D eigenvalue weighted by Crippen LogP contribution is -2.47. The summed E-state index contributed by atoms with van der Waals surface area (Å²) in [5, 5.41) is 3.11. The number of hydrogen-bond acceptors (Lipinski definition) is 4. The first-order valence-electron chi connectivity index (χ1n) is 11.1. The third-order valence-electron chi connectivity index (χ3n) is 5.99. The predicted molar refractivity (Wildman–Crippen MR) is 129 cm³/mol. The van der Waals surface area contributed by atoms with Crippen LogP contribution in [0.4, 0.5) is 0 Å².